The minimum atomic E-state index is -2.46. The summed E-state index contributed by atoms with van der Waals surface area (Å²) in [6.07, 6.45) is -1.07. The molecule has 4 nitrogen and oxygen atoms in total. The number of rotatable bonds is 5. The molecule has 2 N–H and O–H groups in total. The number of aromatic nitrogens is 3. The molecule has 0 aliphatic heterocycles. The van der Waals surface area contributed by atoms with E-state index >= 15 is 0 Å². The molecule has 0 aliphatic carbocycles. The van der Waals surface area contributed by atoms with Crippen LogP contribution in [-0.2, 0) is 13.0 Å². The van der Waals surface area contributed by atoms with Crippen molar-refractivity contribution in [1.82, 2.24) is 15.0 Å². The van der Waals surface area contributed by atoms with Gasteiger partial charge in [0.15, 0.2) is 0 Å². The largest absolute Gasteiger partial charge is 0.388 e. The highest BCUT2D eigenvalue weighted by Crippen LogP contribution is 2.10. The summed E-state index contributed by atoms with van der Waals surface area (Å²) in [5.41, 5.74) is 6.36. The minimum Gasteiger partial charge on any atom is -0.388 e. The molecule has 0 aliphatic rings. The van der Waals surface area contributed by atoms with Gasteiger partial charge >= 0.3 is 0 Å². The molecule has 1 rings (SSSR count). The molecule has 84 valence electrons. The van der Waals surface area contributed by atoms with Gasteiger partial charge in [-0.3, -0.25) is 0 Å². The maximum atomic E-state index is 12.2. The van der Waals surface area contributed by atoms with Crippen LogP contribution < -0.4 is 5.73 Å². The lowest BCUT2D eigenvalue weighted by atomic mass is 10.2. The zero-order chi connectivity index (χ0) is 11.4. The molecule has 0 bridgehead atoms. The number of hydrogen-bond donors (Lipinski definition) is 1. The van der Waals surface area contributed by atoms with Gasteiger partial charge in [-0.25, -0.2) is 13.5 Å². The van der Waals surface area contributed by atoms with E-state index in [1.807, 2.05) is 6.92 Å². The van der Waals surface area contributed by atoms with Crippen LogP contribution >= 0.6 is 12.2 Å². The standard InChI is InChI=1S/C8H12F2N4S/c1-2-3-5-7(8(11)15)12-13-14(5)4-6(9)10/h6H,2-4H2,1H3,(H2,11,15). The number of alkyl halides is 2. The summed E-state index contributed by atoms with van der Waals surface area (Å²) >= 11 is 4.77. The average molecular weight is 234 g/mol. The van der Waals surface area contributed by atoms with Crippen LogP contribution in [0.2, 0.25) is 0 Å². The van der Waals surface area contributed by atoms with Crippen molar-refractivity contribution in [1.29, 1.82) is 0 Å². The van der Waals surface area contributed by atoms with Crippen LogP contribution in [0.5, 0.6) is 0 Å². The van der Waals surface area contributed by atoms with E-state index in [0.29, 0.717) is 17.8 Å². The van der Waals surface area contributed by atoms with Crippen LogP contribution in [0.15, 0.2) is 0 Å². The highest BCUT2D eigenvalue weighted by molar-refractivity contribution is 7.80. The fourth-order valence-electron chi connectivity index (χ4n) is 1.29. The van der Waals surface area contributed by atoms with E-state index in [0.717, 1.165) is 6.42 Å². The summed E-state index contributed by atoms with van der Waals surface area (Å²) in [7, 11) is 0. The zero-order valence-corrected chi connectivity index (χ0v) is 9.10. The third kappa shape index (κ3) is 2.92. The molecule has 0 aromatic carbocycles. The van der Waals surface area contributed by atoms with E-state index < -0.39 is 13.0 Å². The van der Waals surface area contributed by atoms with Crippen molar-refractivity contribution in [3.05, 3.63) is 11.4 Å². The summed E-state index contributed by atoms with van der Waals surface area (Å²) in [5, 5.41) is 7.32. The van der Waals surface area contributed by atoms with Gasteiger partial charge in [0.2, 0.25) is 0 Å². The summed E-state index contributed by atoms with van der Waals surface area (Å²) in [4.78, 5) is 0.0963. The van der Waals surface area contributed by atoms with Crippen LogP contribution in [0.25, 0.3) is 0 Å². The number of hydrogen-bond acceptors (Lipinski definition) is 3. The van der Waals surface area contributed by atoms with Crippen LogP contribution in [0.3, 0.4) is 0 Å². The molecular weight excluding hydrogens is 222 g/mol. The predicted octanol–water partition coefficient (Wildman–Crippen LogP) is 1.13. The van der Waals surface area contributed by atoms with Crippen LogP contribution in [0.4, 0.5) is 8.78 Å². The maximum absolute atomic E-state index is 12.2. The van der Waals surface area contributed by atoms with E-state index in [9.17, 15) is 8.78 Å². The summed E-state index contributed by atoms with van der Waals surface area (Å²) in [6, 6.07) is 0. The first-order chi connectivity index (χ1) is 7.06. The first-order valence-electron chi connectivity index (χ1n) is 4.56. The van der Waals surface area contributed by atoms with Crippen LogP contribution in [0.1, 0.15) is 24.7 Å². The third-order valence-corrected chi connectivity index (χ3v) is 2.06. The molecule has 0 saturated heterocycles. The van der Waals surface area contributed by atoms with Crippen LogP contribution in [-0.4, -0.2) is 26.4 Å². The predicted molar refractivity (Wildman–Crippen MR) is 55.9 cm³/mol. The second-order valence-electron chi connectivity index (χ2n) is 3.07. The van der Waals surface area contributed by atoms with Gasteiger partial charge in [-0.15, -0.1) is 5.10 Å². The second kappa shape index (κ2) is 5.11. The maximum Gasteiger partial charge on any atom is 0.257 e. The van der Waals surface area contributed by atoms with E-state index in [-0.39, 0.29) is 4.99 Å². The van der Waals surface area contributed by atoms with Crippen LogP contribution in [0, 0.1) is 0 Å². The molecule has 0 fully saturated rings. The van der Waals surface area contributed by atoms with Crippen molar-refractivity contribution in [2.45, 2.75) is 32.7 Å². The van der Waals surface area contributed by atoms with Crippen molar-refractivity contribution in [3.8, 4) is 0 Å². The SMILES string of the molecule is CCCc1c(C(N)=S)nnn1CC(F)F. The number of halogens is 2. The molecule has 7 heteroatoms. The van der Waals surface area contributed by atoms with Crippen molar-refractivity contribution in [2.75, 3.05) is 0 Å². The lowest BCUT2D eigenvalue weighted by Crippen LogP contribution is -2.16. The van der Waals surface area contributed by atoms with Crippen molar-refractivity contribution in [2.24, 2.45) is 5.73 Å². The molecule has 0 atom stereocenters. The molecule has 15 heavy (non-hydrogen) atoms. The summed E-state index contributed by atoms with van der Waals surface area (Å²) < 4.78 is 25.6. The first-order valence-corrected chi connectivity index (χ1v) is 4.97. The van der Waals surface area contributed by atoms with Gasteiger partial charge in [-0.05, 0) is 6.42 Å². The Bertz CT molecular complexity index is 350. The minimum absolute atomic E-state index is 0.0963. The summed E-state index contributed by atoms with van der Waals surface area (Å²) in [5.74, 6) is 0. The fraction of sp³-hybridized carbons (Fsp3) is 0.625. The lowest BCUT2D eigenvalue weighted by molar-refractivity contribution is 0.119. The Balaban J connectivity index is 3.00. The zero-order valence-electron chi connectivity index (χ0n) is 8.28. The van der Waals surface area contributed by atoms with Crippen molar-refractivity contribution < 1.29 is 8.78 Å². The highest BCUT2D eigenvalue weighted by Gasteiger charge is 2.16. The summed E-state index contributed by atoms with van der Waals surface area (Å²) in [6.45, 7) is 1.47. The van der Waals surface area contributed by atoms with E-state index in [4.69, 9.17) is 18.0 Å². The Morgan fingerprint density at radius 3 is 2.73 bits per heavy atom. The Kier molecular flexibility index (Phi) is 4.07. The Morgan fingerprint density at radius 2 is 2.27 bits per heavy atom. The molecule has 0 spiro atoms. The average Bonchev–Trinajstić information content (AvgIpc) is 2.48. The molecule has 0 amide bonds. The molecule has 0 saturated carbocycles. The first kappa shape index (κ1) is 12.0. The van der Waals surface area contributed by atoms with Gasteiger partial charge in [0.25, 0.3) is 6.43 Å². The number of thiocarbonyl (C=S) groups is 1. The Hall–Kier alpha value is -1.11. The third-order valence-electron chi connectivity index (χ3n) is 1.87. The number of nitrogens with two attached hydrogens (primary N) is 1. The lowest BCUT2D eigenvalue weighted by Gasteiger charge is -2.05. The highest BCUT2D eigenvalue weighted by atomic mass is 32.1. The topological polar surface area (TPSA) is 56.7 Å². The normalized spacial score (nSPS) is 10.9. The van der Waals surface area contributed by atoms with Gasteiger partial charge in [0.1, 0.15) is 17.2 Å². The smallest absolute Gasteiger partial charge is 0.257 e. The molecule has 1 aromatic heterocycles. The van der Waals surface area contributed by atoms with Gasteiger partial charge in [0.05, 0.1) is 5.69 Å². The van der Waals surface area contributed by atoms with E-state index in [1.54, 1.807) is 0 Å². The van der Waals surface area contributed by atoms with Crippen molar-refractivity contribution in [3.63, 3.8) is 0 Å². The molecule has 0 radical (unpaired) electrons. The van der Waals surface area contributed by atoms with Gasteiger partial charge in [-0.2, -0.15) is 0 Å². The number of nitrogens with zero attached hydrogens (tertiary/aromatic N) is 3. The molecule has 1 heterocycles. The second-order valence-corrected chi connectivity index (χ2v) is 3.51. The molecular formula is C8H12F2N4S. The van der Waals surface area contributed by atoms with Gasteiger partial charge in [-0.1, -0.05) is 30.8 Å². The Morgan fingerprint density at radius 1 is 1.60 bits per heavy atom. The van der Waals surface area contributed by atoms with E-state index in [2.05, 4.69) is 10.3 Å². The molecule has 0 unspecified atom stereocenters. The van der Waals surface area contributed by atoms with E-state index in [1.165, 1.54) is 4.68 Å². The van der Waals surface area contributed by atoms with Gasteiger partial charge < -0.3 is 5.73 Å². The quantitative estimate of drug-likeness (QED) is 0.776. The monoisotopic (exact) mass is 234 g/mol. The van der Waals surface area contributed by atoms with Crippen molar-refractivity contribution >= 4 is 17.2 Å². The van der Waals surface area contributed by atoms with Gasteiger partial charge in [0, 0.05) is 0 Å². The molecule has 1 aromatic rings. The fourth-order valence-corrected chi connectivity index (χ4v) is 1.44. The Labute approximate surface area is 91.4 Å².